The van der Waals surface area contributed by atoms with E-state index >= 15 is 0 Å². The molecule has 0 aliphatic carbocycles. The van der Waals surface area contributed by atoms with Crippen LogP contribution < -0.4 is 5.32 Å². The van der Waals surface area contributed by atoms with Crippen LogP contribution in [0.5, 0.6) is 0 Å². The van der Waals surface area contributed by atoms with Crippen LogP contribution >= 0.6 is 0 Å². The predicted molar refractivity (Wildman–Crippen MR) is 67.2 cm³/mol. The Bertz CT molecular complexity index is 155. The Kier molecular flexibility index (Phi) is 5.62. The van der Waals surface area contributed by atoms with Gasteiger partial charge in [-0.2, -0.15) is 0 Å². The molecule has 15 heavy (non-hydrogen) atoms. The van der Waals surface area contributed by atoms with Gasteiger partial charge in [-0.3, -0.25) is 0 Å². The summed E-state index contributed by atoms with van der Waals surface area (Å²) >= 11 is 0. The van der Waals surface area contributed by atoms with E-state index in [1.54, 1.807) is 0 Å². The Balaban J connectivity index is 2.09. The van der Waals surface area contributed by atoms with E-state index < -0.39 is 0 Å². The van der Waals surface area contributed by atoms with E-state index in [0.29, 0.717) is 6.04 Å². The van der Waals surface area contributed by atoms with Gasteiger partial charge in [-0.05, 0) is 58.7 Å². The minimum absolute atomic E-state index is 0.640. The van der Waals surface area contributed by atoms with E-state index in [-0.39, 0.29) is 0 Å². The topological polar surface area (TPSA) is 15.3 Å². The van der Waals surface area contributed by atoms with Crippen LogP contribution in [0.1, 0.15) is 47.0 Å². The normalized spacial score (nSPS) is 20.4. The third-order valence-electron chi connectivity index (χ3n) is 3.48. The molecule has 0 amide bonds. The van der Waals surface area contributed by atoms with Crippen molar-refractivity contribution in [3.05, 3.63) is 0 Å². The number of likely N-dealkylation sites (tertiary alicyclic amines) is 1. The number of nitrogens with zero attached hydrogens (tertiary/aromatic N) is 1. The molecule has 2 heteroatoms. The fourth-order valence-corrected chi connectivity index (χ4v) is 2.33. The molecular weight excluding hydrogens is 184 g/mol. The zero-order chi connectivity index (χ0) is 11.3. The zero-order valence-corrected chi connectivity index (χ0v) is 10.9. The maximum Gasteiger partial charge on any atom is 0.00385 e. The summed E-state index contributed by atoms with van der Waals surface area (Å²) in [5.74, 6) is 0.964. The van der Waals surface area contributed by atoms with E-state index in [9.17, 15) is 0 Å². The lowest BCUT2D eigenvalue weighted by molar-refractivity contribution is 0.145. The monoisotopic (exact) mass is 212 g/mol. The van der Waals surface area contributed by atoms with Crippen molar-refractivity contribution in [3.63, 3.8) is 0 Å². The average molecular weight is 212 g/mol. The molecule has 0 saturated carbocycles. The Morgan fingerprint density at radius 1 is 1.13 bits per heavy atom. The highest BCUT2D eigenvalue weighted by Crippen LogP contribution is 2.21. The number of hydrogen-bond donors (Lipinski definition) is 1. The summed E-state index contributed by atoms with van der Waals surface area (Å²) in [5.41, 5.74) is 0. The molecule has 0 atom stereocenters. The van der Waals surface area contributed by atoms with E-state index in [2.05, 4.69) is 37.9 Å². The van der Waals surface area contributed by atoms with Crippen molar-refractivity contribution < 1.29 is 0 Å². The summed E-state index contributed by atoms with van der Waals surface area (Å²) in [6, 6.07) is 1.38. The zero-order valence-electron chi connectivity index (χ0n) is 10.9. The van der Waals surface area contributed by atoms with Gasteiger partial charge < -0.3 is 10.2 Å². The Morgan fingerprint density at radius 3 is 2.20 bits per heavy atom. The van der Waals surface area contributed by atoms with Crippen molar-refractivity contribution in [3.8, 4) is 0 Å². The van der Waals surface area contributed by atoms with Crippen LogP contribution in [0.25, 0.3) is 0 Å². The molecule has 0 aromatic carbocycles. The first-order chi connectivity index (χ1) is 7.09. The molecule has 1 fully saturated rings. The van der Waals surface area contributed by atoms with Gasteiger partial charge in [0.1, 0.15) is 0 Å². The predicted octanol–water partition coefficient (Wildman–Crippen LogP) is 2.49. The van der Waals surface area contributed by atoms with Crippen LogP contribution in [-0.4, -0.2) is 36.6 Å². The summed E-state index contributed by atoms with van der Waals surface area (Å²) in [6.45, 7) is 12.9. The SMILES string of the molecule is CC(C)NCCC1CCN(C(C)C)CC1. The number of piperidine rings is 1. The van der Waals surface area contributed by atoms with Crippen molar-refractivity contribution in [2.24, 2.45) is 5.92 Å². The summed E-state index contributed by atoms with van der Waals surface area (Å²) in [4.78, 5) is 2.60. The second kappa shape index (κ2) is 6.49. The van der Waals surface area contributed by atoms with E-state index in [4.69, 9.17) is 0 Å². The molecule has 0 radical (unpaired) electrons. The molecule has 90 valence electrons. The maximum absolute atomic E-state index is 3.51. The highest BCUT2D eigenvalue weighted by Gasteiger charge is 2.20. The second-order valence-corrected chi connectivity index (χ2v) is 5.47. The van der Waals surface area contributed by atoms with Gasteiger partial charge in [0, 0.05) is 12.1 Å². The lowest BCUT2D eigenvalue weighted by Gasteiger charge is -2.34. The smallest absolute Gasteiger partial charge is 0.00385 e. The van der Waals surface area contributed by atoms with Crippen molar-refractivity contribution >= 4 is 0 Å². The Morgan fingerprint density at radius 2 is 1.73 bits per heavy atom. The fraction of sp³-hybridized carbons (Fsp3) is 1.00. The first kappa shape index (κ1) is 13.0. The van der Waals surface area contributed by atoms with Crippen molar-refractivity contribution in [1.82, 2.24) is 10.2 Å². The van der Waals surface area contributed by atoms with Gasteiger partial charge in [-0.25, -0.2) is 0 Å². The first-order valence-electron chi connectivity index (χ1n) is 6.57. The molecule has 0 aromatic heterocycles. The minimum Gasteiger partial charge on any atom is -0.315 e. The fourth-order valence-electron chi connectivity index (χ4n) is 2.33. The first-order valence-corrected chi connectivity index (χ1v) is 6.57. The van der Waals surface area contributed by atoms with Gasteiger partial charge in [0.15, 0.2) is 0 Å². The van der Waals surface area contributed by atoms with E-state index in [1.807, 2.05) is 0 Å². The van der Waals surface area contributed by atoms with Gasteiger partial charge >= 0.3 is 0 Å². The summed E-state index contributed by atoms with van der Waals surface area (Å²) in [7, 11) is 0. The molecule has 1 saturated heterocycles. The Labute approximate surface area is 95.4 Å². The second-order valence-electron chi connectivity index (χ2n) is 5.47. The van der Waals surface area contributed by atoms with Gasteiger partial charge in [-0.1, -0.05) is 13.8 Å². The van der Waals surface area contributed by atoms with Crippen LogP contribution in [0, 0.1) is 5.92 Å². The number of hydrogen-bond acceptors (Lipinski definition) is 2. The quantitative estimate of drug-likeness (QED) is 0.753. The molecular formula is C13H28N2. The Hall–Kier alpha value is -0.0800. The molecule has 2 nitrogen and oxygen atoms in total. The van der Waals surface area contributed by atoms with Crippen molar-refractivity contribution in [2.75, 3.05) is 19.6 Å². The molecule has 1 heterocycles. The highest BCUT2D eigenvalue weighted by molar-refractivity contribution is 4.75. The molecule has 1 N–H and O–H groups in total. The molecule has 0 unspecified atom stereocenters. The lowest BCUT2D eigenvalue weighted by Crippen LogP contribution is -2.39. The van der Waals surface area contributed by atoms with Gasteiger partial charge in [0.2, 0.25) is 0 Å². The molecule has 1 aliphatic heterocycles. The van der Waals surface area contributed by atoms with Gasteiger partial charge in [0.25, 0.3) is 0 Å². The van der Waals surface area contributed by atoms with Crippen LogP contribution in [0.2, 0.25) is 0 Å². The lowest BCUT2D eigenvalue weighted by atomic mass is 9.93. The number of nitrogens with one attached hydrogen (secondary N) is 1. The van der Waals surface area contributed by atoms with E-state index in [0.717, 1.165) is 12.0 Å². The summed E-state index contributed by atoms with van der Waals surface area (Å²) in [6.07, 6.45) is 4.17. The summed E-state index contributed by atoms with van der Waals surface area (Å²) in [5, 5.41) is 3.51. The van der Waals surface area contributed by atoms with Crippen LogP contribution in [0.15, 0.2) is 0 Å². The third kappa shape index (κ3) is 4.98. The largest absolute Gasteiger partial charge is 0.315 e. The minimum atomic E-state index is 0.640. The van der Waals surface area contributed by atoms with E-state index in [1.165, 1.54) is 38.9 Å². The molecule has 0 spiro atoms. The van der Waals surface area contributed by atoms with Gasteiger partial charge in [0.05, 0.1) is 0 Å². The van der Waals surface area contributed by atoms with Crippen LogP contribution in [0.4, 0.5) is 0 Å². The molecule has 0 bridgehead atoms. The standard InChI is InChI=1S/C13H28N2/c1-11(2)14-8-5-13-6-9-15(10-7-13)12(3)4/h11-14H,5-10H2,1-4H3. The molecule has 1 rings (SSSR count). The number of rotatable bonds is 5. The summed E-state index contributed by atoms with van der Waals surface area (Å²) < 4.78 is 0. The molecule has 0 aromatic rings. The van der Waals surface area contributed by atoms with Gasteiger partial charge in [-0.15, -0.1) is 0 Å². The van der Waals surface area contributed by atoms with Crippen molar-refractivity contribution in [2.45, 2.75) is 59.0 Å². The highest BCUT2D eigenvalue weighted by atomic mass is 15.1. The third-order valence-corrected chi connectivity index (χ3v) is 3.48. The maximum atomic E-state index is 3.51. The van der Waals surface area contributed by atoms with Crippen molar-refractivity contribution in [1.29, 1.82) is 0 Å². The van der Waals surface area contributed by atoms with Crippen LogP contribution in [0.3, 0.4) is 0 Å². The van der Waals surface area contributed by atoms with Crippen LogP contribution in [-0.2, 0) is 0 Å². The average Bonchev–Trinajstić information content (AvgIpc) is 2.18. The molecule has 1 aliphatic rings.